The molecular formula is C19H32IN5. The number of halogens is 1. The zero-order valence-electron chi connectivity index (χ0n) is 15.4. The van der Waals surface area contributed by atoms with Crippen LogP contribution in [-0.4, -0.2) is 40.8 Å². The third-order valence-electron chi connectivity index (χ3n) is 6.28. The van der Waals surface area contributed by atoms with Gasteiger partial charge in [-0.05, 0) is 43.6 Å². The van der Waals surface area contributed by atoms with Crippen LogP contribution in [0, 0.1) is 11.8 Å². The normalized spacial score (nSPS) is 27.2. The van der Waals surface area contributed by atoms with Gasteiger partial charge in [-0.15, -0.1) is 24.0 Å². The minimum atomic E-state index is 0. The maximum atomic E-state index is 4.78. The number of guanidine groups is 1. The molecule has 0 amide bonds. The first kappa shape index (κ1) is 19.0. The van der Waals surface area contributed by atoms with Gasteiger partial charge in [-0.2, -0.15) is 5.10 Å². The van der Waals surface area contributed by atoms with Crippen molar-refractivity contribution in [2.24, 2.45) is 16.8 Å². The van der Waals surface area contributed by atoms with Gasteiger partial charge in [-0.25, -0.2) is 0 Å². The Balaban J connectivity index is 0.00000182. The van der Waals surface area contributed by atoms with Gasteiger partial charge in [0.1, 0.15) is 0 Å². The number of aromatic nitrogens is 2. The maximum Gasteiger partial charge on any atom is 0.193 e. The first-order valence-corrected chi connectivity index (χ1v) is 9.83. The van der Waals surface area contributed by atoms with Crippen LogP contribution >= 0.6 is 24.0 Å². The Kier molecular flexibility index (Phi) is 6.63. The Labute approximate surface area is 168 Å². The van der Waals surface area contributed by atoms with E-state index >= 15 is 0 Å². The highest BCUT2D eigenvalue weighted by Gasteiger charge is 2.35. The van der Waals surface area contributed by atoms with Gasteiger partial charge in [0, 0.05) is 26.3 Å². The van der Waals surface area contributed by atoms with Crippen molar-refractivity contribution in [1.82, 2.24) is 20.0 Å². The molecule has 0 bridgehead atoms. The maximum absolute atomic E-state index is 4.78. The number of fused-ring (bicyclic) bond motifs is 1. The fraction of sp³-hybridized carbons (Fsp3) is 0.789. The summed E-state index contributed by atoms with van der Waals surface area (Å²) >= 11 is 0. The van der Waals surface area contributed by atoms with Crippen LogP contribution in [0.3, 0.4) is 0 Å². The van der Waals surface area contributed by atoms with Crippen molar-refractivity contribution in [3.05, 3.63) is 18.0 Å². The molecule has 3 aliphatic rings. The molecule has 25 heavy (non-hydrogen) atoms. The van der Waals surface area contributed by atoms with Crippen molar-refractivity contribution in [2.75, 3.05) is 20.1 Å². The molecule has 1 aliphatic heterocycles. The SMILES string of the molecule is CN=C(NCc1ccn(C2CCCC2)n1)N1CC2CCCCC2C1.I. The molecule has 5 nitrogen and oxygen atoms in total. The fourth-order valence-electron chi connectivity index (χ4n) is 4.92. The van der Waals surface area contributed by atoms with Gasteiger partial charge in [0.2, 0.25) is 0 Å². The van der Waals surface area contributed by atoms with Crippen molar-refractivity contribution in [3.63, 3.8) is 0 Å². The Morgan fingerprint density at radius 3 is 2.40 bits per heavy atom. The second-order valence-electron chi connectivity index (χ2n) is 7.84. The molecule has 3 fully saturated rings. The van der Waals surface area contributed by atoms with Crippen LogP contribution in [0.2, 0.25) is 0 Å². The number of aliphatic imine (C=N–C) groups is 1. The molecule has 2 saturated carbocycles. The van der Waals surface area contributed by atoms with E-state index in [0.717, 1.165) is 30.0 Å². The zero-order valence-corrected chi connectivity index (χ0v) is 17.7. The Bertz CT molecular complexity index is 564. The number of hydrogen-bond donors (Lipinski definition) is 1. The van der Waals surface area contributed by atoms with E-state index in [9.17, 15) is 0 Å². The molecule has 2 unspecified atom stereocenters. The smallest absolute Gasteiger partial charge is 0.193 e. The molecule has 1 aromatic rings. The van der Waals surface area contributed by atoms with Crippen LogP contribution in [0.1, 0.15) is 63.1 Å². The average Bonchev–Trinajstić information content (AvgIpc) is 3.35. The van der Waals surface area contributed by atoms with Gasteiger partial charge >= 0.3 is 0 Å². The predicted octanol–water partition coefficient (Wildman–Crippen LogP) is 3.81. The minimum Gasteiger partial charge on any atom is -0.351 e. The van der Waals surface area contributed by atoms with Crippen LogP contribution in [0.25, 0.3) is 0 Å². The summed E-state index contributed by atoms with van der Waals surface area (Å²) in [5.41, 5.74) is 1.12. The van der Waals surface area contributed by atoms with Crippen molar-refractivity contribution < 1.29 is 0 Å². The molecule has 1 saturated heterocycles. The minimum absolute atomic E-state index is 0. The largest absolute Gasteiger partial charge is 0.351 e. The number of hydrogen-bond acceptors (Lipinski definition) is 2. The van der Waals surface area contributed by atoms with Crippen molar-refractivity contribution in [3.8, 4) is 0 Å². The molecule has 0 aromatic carbocycles. The molecular weight excluding hydrogens is 425 g/mol. The second kappa shape index (κ2) is 8.73. The molecule has 1 N–H and O–H groups in total. The van der Waals surface area contributed by atoms with Crippen LogP contribution in [0.4, 0.5) is 0 Å². The molecule has 1 aromatic heterocycles. The summed E-state index contributed by atoms with van der Waals surface area (Å²) in [4.78, 5) is 6.99. The molecule has 2 atom stereocenters. The van der Waals surface area contributed by atoms with E-state index in [1.165, 1.54) is 64.5 Å². The summed E-state index contributed by atoms with van der Waals surface area (Å²) in [6.45, 7) is 3.14. The van der Waals surface area contributed by atoms with E-state index in [4.69, 9.17) is 5.10 Å². The summed E-state index contributed by atoms with van der Waals surface area (Å²) in [6, 6.07) is 2.78. The number of rotatable bonds is 3. The van der Waals surface area contributed by atoms with Gasteiger partial charge < -0.3 is 10.2 Å². The van der Waals surface area contributed by atoms with Gasteiger partial charge in [-0.3, -0.25) is 9.67 Å². The van der Waals surface area contributed by atoms with Gasteiger partial charge in [-0.1, -0.05) is 25.7 Å². The third kappa shape index (κ3) is 4.31. The monoisotopic (exact) mass is 457 g/mol. The van der Waals surface area contributed by atoms with E-state index in [1.54, 1.807) is 0 Å². The summed E-state index contributed by atoms with van der Waals surface area (Å²) in [6.07, 6.45) is 13.1. The molecule has 0 spiro atoms. The van der Waals surface area contributed by atoms with Crippen LogP contribution in [-0.2, 0) is 6.54 Å². The van der Waals surface area contributed by atoms with Gasteiger partial charge in [0.25, 0.3) is 0 Å². The second-order valence-corrected chi connectivity index (χ2v) is 7.84. The topological polar surface area (TPSA) is 45.5 Å². The number of nitrogens with one attached hydrogen (secondary N) is 1. The molecule has 0 radical (unpaired) electrons. The first-order chi connectivity index (χ1) is 11.8. The lowest BCUT2D eigenvalue weighted by molar-refractivity contribution is 0.299. The van der Waals surface area contributed by atoms with E-state index in [2.05, 4.69) is 32.2 Å². The molecule has 140 valence electrons. The van der Waals surface area contributed by atoms with Crippen LogP contribution in [0.5, 0.6) is 0 Å². The number of nitrogens with zero attached hydrogens (tertiary/aromatic N) is 4. The van der Waals surface area contributed by atoms with E-state index in [0.29, 0.717) is 6.04 Å². The lowest BCUT2D eigenvalue weighted by Gasteiger charge is -2.22. The lowest BCUT2D eigenvalue weighted by Crippen LogP contribution is -2.40. The van der Waals surface area contributed by atoms with E-state index < -0.39 is 0 Å². The summed E-state index contributed by atoms with van der Waals surface area (Å²) < 4.78 is 2.18. The summed E-state index contributed by atoms with van der Waals surface area (Å²) in [5, 5.41) is 8.32. The third-order valence-corrected chi connectivity index (χ3v) is 6.28. The molecule has 4 rings (SSSR count). The molecule has 2 aliphatic carbocycles. The van der Waals surface area contributed by atoms with Gasteiger partial charge in [0.15, 0.2) is 5.96 Å². The van der Waals surface area contributed by atoms with E-state index in [1.807, 2.05) is 7.05 Å². The van der Waals surface area contributed by atoms with Crippen LogP contribution in [0.15, 0.2) is 17.3 Å². The summed E-state index contributed by atoms with van der Waals surface area (Å²) in [7, 11) is 1.90. The standard InChI is InChI=1S/C19H31N5.HI/c1-20-19(23-13-15-6-2-3-7-16(15)14-23)21-12-17-10-11-24(22-17)18-8-4-5-9-18;/h10-11,15-16,18H,2-9,12-14H2,1H3,(H,20,21);1H. The number of likely N-dealkylation sites (tertiary alicyclic amines) is 1. The van der Waals surface area contributed by atoms with Crippen LogP contribution < -0.4 is 5.32 Å². The Morgan fingerprint density at radius 1 is 1.12 bits per heavy atom. The highest BCUT2D eigenvalue weighted by Crippen LogP contribution is 2.36. The van der Waals surface area contributed by atoms with Gasteiger partial charge in [0.05, 0.1) is 18.3 Å². The van der Waals surface area contributed by atoms with Crippen molar-refractivity contribution in [2.45, 2.75) is 64.0 Å². The highest BCUT2D eigenvalue weighted by atomic mass is 127. The first-order valence-electron chi connectivity index (χ1n) is 9.83. The van der Waals surface area contributed by atoms with Crippen molar-refractivity contribution in [1.29, 1.82) is 0 Å². The average molecular weight is 457 g/mol. The van der Waals surface area contributed by atoms with Crippen molar-refractivity contribution >= 4 is 29.9 Å². The lowest BCUT2D eigenvalue weighted by atomic mass is 9.82. The Morgan fingerprint density at radius 2 is 1.76 bits per heavy atom. The highest BCUT2D eigenvalue weighted by molar-refractivity contribution is 14.0. The zero-order chi connectivity index (χ0) is 16.4. The fourth-order valence-corrected chi connectivity index (χ4v) is 4.92. The molecule has 2 heterocycles. The van der Waals surface area contributed by atoms with E-state index in [-0.39, 0.29) is 24.0 Å². The molecule has 6 heteroatoms. The predicted molar refractivity (Wildman–Crippen MR) is 112 cm³/mol. The summed E-state index contributed by atoms with van der Waals surface area (Å²) in [5.74, 6) is 2.83. The Hall–Kier alpha value is -0.790. The quantitative estimate of drug-likeness (QED) is 0.427.